The van der Waals surface area contributed by atoms with Gasteiger partial charge in [0.2, 0.25) is 0 Å². The van der Waals surface area contributed by atoms with E-state index in [1.807, 2.05) is 49.6 Å². The fraction of sp³-hybridized carbons (Fsp3) is 0.656. The third-order valence-electron chi connectivity index (χ3n) is 42.6. The summed E-state index contributed by atoms with van der Waals surface area (Å²) in [4.78, 5) is 17.2. The van der Waals surface area contributed by atoms with Crippen LogP contribution in [0.25, 0.3) is 54.2 Å². The van der Waals surface area contributed by atoms with Crippen molar-refractivity contribution in [2.24, 2.45) is 126 Å². The summed E-state index contributed by atoms with van der Waals surface area (Å²) >= 11 is 0. The van der Waals surface area contributed by atoms with Crippen molar-refractivity contribution in [3.8, 4) is 0 Å². The highest BCUT2D eigenvalue weighted by atomic mass is 16.5. The van der Waals surface area contributed by atoms with Crippen molar-refractivity contribution in [3.05, 3.63) is 204 Å². The third-order valence-corrected chi connectivity index (χ3v) is 42.6. The molecule has 8 nitrogen and oxygen atoms in total. The number of hydrogen-bond acceptors (Lipinski definition) is 8. The van der Waals surface area contributed by atoms with Gasteiger partial charge in [0, 0.05) is 71.1 Å². The van der Waals surface area contributed by atoms with Crippen LogP contribution in [0.2, 0.25) is 0 Å². The largest absolute Gasteiger partial charge is 0.373 e. The maximum Gasteiger partial charge on any atom is 0.0619 e. The average molecular weight is 1830 g/mol. The topological polar surface area (TPSA) is 88.5 Å². The van der Waals surface area contributed by atoms with Crippen molar-refractivity contribution in [1.29, 1.82) is 0 Å². The molecule has 16 aliphatic carbocycles. The summed E-state index contributed by atoms with van der Waals surface area (Å²) in [5.41, 5.74) is 16.0. The maximum absolute atomic E-state index is 6.48. The first-order valence-electron chi connectivity index (χ1n) is 55.6. The summed E-state index contributed by atoms with van der Waals surface area (Å²) in [7, 11) is 0. The Bertz CT molecular complexity index is 5740. The highest BCUT2D eigenvalue weighted by Crippen LogP contribution is 2.74. The summed E-state index contributed by atoms with van der Waals surface area (Å²) in [5, 5.41) is 10.3. The van der Waals surface area contributed by atoms with Crippen LogP contribution in [0.1, 0.15) is 378 Å². The van der Waals surface area contributed by atoms with Gasteiger partial charge in [-0.05, 0) is 518 Å². The Kier molecular flexibility index (Phi) is 25.1. The second kappa shape index (κ2) is 35.7. The van der Waals surface area contributed by atoms with Crippen LogP contribution in [0.3, 0.4) is 0 Å². The monoisotopic (exact) mass is 1830 g/mol. The highest BCUT2D eigenvalue weighted by molar-refractivity contribution is 5.89. The van der Waals surface area contributed by atoms with E-state index in [0.717, 1.165) is 102 Å². The molecule has 0 N–H and O–H groups in total. The molecular weight excluding hydrogens is 1660 g/mol. The zero-order valence-corrected chi connectivity index (χ0v) is 87.8. The van der Waals surface area contributed by atoms with Gasteiger partial charge < -0.3 is 18.9 Å². The molecule has 4 heterocycles. The quantitative estimate of drug-likeness (QED) is 0.139. The van der Waals surface area contributed by atoms with E-state index in [1.54, 1.807) is 33.4 Å². The van der Waals surface area contributed by atoms with E-state index in [-0.39, 0.29) is 22.4 Å². The summed E-state index contributed by atoms with van der Waals surface area (Å²) in [5.74, 6) is 13.5. The number of nitrogens with zero attached hydrogens (tertiary/aromatic N) is 4. The summed E-state index contributed by atoms with van der Waals surface area (Å²) in [6.07, 6.45) is 70.7. The van der Waals surface area contributed by atoms with Gasteiger partial charge in [-0.3, -0.25) is 19.9 Å². The van der Waals surface area contributed by atoms with Crippen molar-refractivity contribution < 1.29 is 18.9 Å². The molecular formula is C128H172N4O4. The molecule has 28 atom stereocenters. The number of hydrogen-bond donors (Lipinski definition) is 0. The molecule has 8 heteroatoms. The third kappa shape index (κ3) is 17.4. The molecule has 24 rings (SSSR count). The standard InChI is InChI=1S/C32H45NO.2C32H43NO.C32H41NO/c4*1-30(2,3)34-25-12-15-31(4)24(19-25)8-9-26-28-11-10-27(32(28,5)16-13-29(26)31)22-6-7-23-20-33-17-14-21(23)18-22/h6-7,14,17-18,20,24-29H,8-13,15-16,19H2,1-5H3;6-7,10,14,17-18,20,24-26,28-29H,8-9,11-13,15-16,19H2,1-5H3;6-8,14,17-18,20,25-29H,9-13,15-16,19H2,1-5H3;6-8,10,14,17-18,20,25-26,28-29H,9,11-13,15-16,19H2,1-5H3/t24-,25-,26-,27+,28-,29-,31-,32+;24-,25-,26-,28-,29-,31-,32+;25-,26-,27+,28-,29-,31-,32+;25-,26-,28-,29-,31-,32+/m0000/s1. The molecule has 0 amide bonds. The van der Waals surface area contributed by atoms with E-state index in [9.17, 15) is 0 Å². The predicted molar refractivity (Wildman–Crippen MR) is 565 cm³/mol. The van der Waals surface area contributed by atoms with Crippen molar-refractivity contribution in [1.82, 2.24) is 19.9 Å². The molecule has 0 aliphatic heterocycles. The van der Waals surface area contributed by atoms with Crippen LogP contribution in [-0.4, -0.2) is 66.8 Å². The number of aromatic nitrogens is 4. The molecule has 4 aromatic carbocycles. The molecule has 12 fully saturated rings. The van der Waals surface area contributed by atoms with Gasteiger partial charge in [-0.15, -0.1) is 0 Å². The van der Waals surface area contributed by atoms with Crippen molar-refractivity contribution in [2.45, 2.75) is 403 Å². The Morgan fingerprint density at radius 1 is 0.265 bits per heavy atom. The van der Waals surface area contributed by atoms with Crippen molar-refractivity contribution in [3.63, 3.8) is 0 Å². The van der Waals surface area contributed by atoms with Crippen LogP contribution in [0, 0.1) is 126 Å². The molecule has 0 spiro atoms. The zero-order chi connectivity index (χ0) is 94.9. The number of ether oxygens (including phenoxy) is 4. The van der Waals surface area contributed by atoms with Crippen LogP contribution in [0.4, 0.5) is 0 Å². The number of allylic oxidation sites excluding steroid dienone is 6. The fourth-order valence-electron chi connectivity index (χ4n) is 36.4. The molecule has 728 valence electrons. The van der Waals surface area contributed by atoms with Gasteiger partial charge in [0.1, 0.15) is 0 Å². The van der Waals surface area contributed by atoms with Gasteiger partial charge >= 0.3 is 0 Å². The smallest absolute Gasteiger partial charge is 0.0619 e. The number of rotatable bonds is 8. The minimum atomic E-state index is -0.0476. The molecule has 4 aromatic heterocycles. The minimum Gasteiger partial charge on any atom is -0.373 e. The molecule has 0 bridgehead atoms. The number of pyridine rings is 4. The molecule has 0 unspecified atom stereocenters. The Morgan fingerprint density at radius 3 is 1.01 bits per heavy atom. The van der Waals surface area contributed by atoms with E-state index in [1.165, 1.54) is 247 Å². The number of fused-ring (bicyclic) bond motifs is 24. The van der Waals surface area contributed by atoms with Gasteiger partial charge in [-0.25, -0.2) is 0 Å². The minimum absolute atomic E-state index is 0.0135. The van der Waals surface area contributed by atoms with Crippen LogP contribution in [0.15, 0.2) is 182 Å². The van der Waals surface area contributed by atoms with Crippen molar-refractivity contribution >= 4 is 54.2 Å². The predicted octanol–water partition coefficient (Wildman–Crippen LogP) is 33.8. The van der Waals surface area contributed by atoms with E-state index >= 15 is 0 Å². The lowest BCUT2D eigenvalue weighted by Crippen LogP contribution is -2.54. The molecule has 136 heavy (non-hydrogen) atoms. The van der Waals surface area contributed by atoms with Gasteiger partial charge in [-0.1, -0.05) is 152 Å². The molecule has 8 aromatic rings. The Balaban J connectivity index is 0.000000108. The molecule has 0 radical (unpaired) electrons. The number of benzene rings is 4. The first-order valence-corrected chi connectivity index (χ1v) is 55.6. The van der Waals surface area contributed by atoms with Gasteiger partial charge in [0.15, 0.2) is 0 Å². The van der Waals surface area contributed by atoms with Gasteiger partial charge in [-0.2, -0.15) is 0 Å². The fourth-order valence-corrected chi connectivity index (χ4v) is 36.4. The summed E-state index contributed by atoms with van der Waals surface area (Å²) in [6.45, 7) is 47.6. The van der Waals surface area contributed by atoms with Crippen LogP contribution >= 0.6 is 0 Å². The lowest BCUT2D eigenvalue weighted by atomic mass is 9.44. The zero-order valence-electron chi connectivity index (χ0n) is 87.8. The van der Waals surface area contributed by atoms with Crippen LogP contribution in [0.5, 0.6) is 0 Å². The molecule has 12 saturated carbocycles. The second-order valence-electron chi connectivity index (χ2n) is 54.1. The lowest BCUT2D eigenvalue weighted by Gasteiger charge is -2.61. The van der Waals surface area contributed by atoms with Crippen LogP contribution < -0.4 is 0 Å². The summed E-state index contributed by atoms with van der Waals surface area (Å²) < 4.78 is 25.8. The second-order valence-corrected chi connectivity index (χ2v) is 54.1. The highest BCUT2D eigenvalue weighted by Gasteiger charge is 2.65. The van der Waals surface area contributed by atoms with Gasteiger partial charge in [0.05, 0.1) is 46.8 Å². The van der Waals surface area contributed by atoms with E-state index in [2.05, 4.69) is 280 Å². The van der Waals surface area contributed by atoms with E-state index < -0.39 is 0 Å². The Hall–Kier alpha value is -6.68. The van der Waals surface area contributed by atoms with Crippen LogP contribution in [-0.2, 0) is 18.9 Å². The Morgan fingerprint density at radius 2 is 0.588 bits per heavy atom. The normalized spacial score (nSPS) is 39.8. The van der Waals surface area contributed by atoms with Gasteiger partial charge in [0.25, 0.3) is 0 Å². The van der Waals surface area contributed by atoms with E-state index in [0.29, 0.717) is 73.7 Å². The molecule has 16 aliphatic rings. The first kappa shape index (κ1) is 95.5. The molecule has 0 saturated heterocycles. The first-order chi connectivity index (χ1) is 64.7. The van der Waals surface area contributed by atoms with E-state index in [4.69, 9.17) is 18.9 Å². The van der Waals surface area contributed by atoms with Crippen molar-refractivity contribution in [2.75, 3.05) is 0 Å². The maximum atomic E-state index is 6.48. The summed E-state index contributed by atoms with van der Waals surface area (Å²) in [6, 6.07) is 37.1. The lowest BCUT2D eigenvalue weighted by molar-refractivity contribution is -0.152. The SMILES string of the molecule is CC(C)(C)O[C@H]1CC[C@@]2(C)C(=CC[C@@H]3[C@@H]2CC[C@]2(C)C(c4ccc5cnccc5c4)=CC[C@@H]32)C1.CC(C)(C)O[C@H]1CC[C@@]2(C)C(=CC[C@H]3[C@@H]4CC[C@H](c5ccc6cnccc6c5)[C@@]4(C)CC[C@@H]32)C1.CC(C)(C)O[C@H]1CC[C@@]2(C)[C@@H](CC[C@@H]3[C@@H]2CC[C@]2(C)C(c4ccc5cnccc5c4)=CC[C@@H]32)C1.CC(C)(C)O[C@H]1CC[C@@]2(C)[C@@H](CC[C@@H]3[C@@H]2CC[C@]2(C)[C@@H](c4ccc5cnccc5c4)CC[C@@H]32)C1. The Labute approximate surface area is 820 Å². The average Bonchev–Trinajstić information content (AvgIpc) is 1.43.